The largest absolute Gasteiger partial charge is 0.332 e. The van der Waals surface area contributed by atoms with Crippen LogP contribution in [0.1, 0.15) is 22.6 Å². The van der Waals surface area contributed by atoms with Crippen LogP contribution in [0.25, 0.3) is 43.7 Å². The number of rotatable bonds is 2. The fraction of sp³-hybridized carbons (Fsp3) is 0.103. The average molecular weight is 412 g/mol. The van der Waals surface area contributed by atoms with E-state index in [0.717, 1.165) is 17.9 Å². The fourth-order valence-corrected chi connectivity index (χ4v) is 5.56. The van der Waals surface area contributed by atoms with Crippen LogP contribution >= 0.6 is 0 Å². The van der Waals surface area contributed by atoms with Crippen molar-refractivity contribution in [1.29, 1.82) is 0 Å². The summed E-state index contributed by atoms with van der Waals surface area (Å²) >= 11 is 0. The van der Waals surface area contributed by atoms with Crippen LogP contribution in [0.15, 0.2) is 85.1 Å². The molecule has 1 aliphatic carbocycles. The summed E-state index contributed by atoms with van der Waals surface area (Å²) in [7, 11) is 0. The number of fused-ring (bicyclic) bond motifs is 10. The van der Waals surface area contributed by atoms with Gasteiger partial charge in [0.15, 0.2) is 0 Å². The summed E-state index contributed by atoms with van der Waals surface area (Å²) in [5.74, 6) is 0.852. The summed E-state index contributed by atoms with van der Waals surface area (Å²) in [6.07, 6.45) is 2.82. The lowest BCUT2D eigenvalue weighted by molar-refractivity contribution is 0.784. The van der Waals surface area contributed by atoms with Crippen molar-refractivity contribution in [3.05, 3.63) is 108 Å². The van der Waals surface area contributed by atoms with Gasteiger partial charge in [0.1, 0.15) is 5.82 Å². The molecule has 32 heavy (non-hydrogen) atoms. The standard InChI is InChI=1S/C29H21N3/c1-18-14-15-30-26(31-18)17-32-25-13-7-6-12-23(25)28-22-11-5-4-10-21(22)27-20-9-3-2-8-19(20)16-24(27)29(28)32/h2-15H,16-17H2,1H3. The lowest BCUT2D eigenvalue weighted by atomic mass is 9.94. The predicted molar refractivity (Wildman–Crippen MR) is 131 cm³/mol. The highest BCUT2D eigenvalue weighted by molar-refractivity contribution is 6.25. The predicted octanol–water partition coefficient (Wildman–Crippen LogP) is 6.67. The fourth-order valence-electron chi connectivity index (χ4n) is 5.56. The van der Waals surface area contributed by atoms with Crippen LogP contribution in [0.2, 0.25) is 0 Å². The number of aryl methyl sites for hydroxylation is 1. The van der Waals surface area contributed by atoms with Crippen molar-refractivity contribution in [2.75, 3.05) is 0 Å². The quantitative estimate of drug-likeness (QED) is 0.318. The van der Waals surface area contributed by atoms with Gasteiger partial charge in [-0.1, -0.05) is 66.7 Å². The Morgan fingerprint density at radius 2 is 1.56 bits per heavy atom. The second-order valence-electron chi connectivity index (χ2n) is 8.67. The van der Waals surface area contributed by atoms with E-state index in [1.807, 2.05) is 19.2 Å². The Balaban J connectivity index is 1.67. The van der Waals surface area contributed by atoms with E-state index in [2.05, 4.69) is 82.3 Å². The van der Waals surface area contributed by atoms with E-state index in [0.29, 0.717) is 6.54 Å². The molecule has 6 aromatic rings. The topological polar surface area (TPSA) is 30.7 Å². The van der Waals surface area contributed by atoms with Crippen molar-refractivity contribution in [2.45, 2.75) is 19.9 Å². The minimum Gasteiger partial charge on any atom is -0.332 e. The first-order valence-corrected chi connectivity index (χ1v) is 11.1. The van der Waals surface area contributed by atoms with Crippen LogP contribution in [0.3, 0.4) is 0 Å². The molecule has 0 saturated carbocycles. The van der Waals surface area contributed by atoms with Crippen molar-refractivity contribution in [2.24, 2.45) is 0 Å². The number of nitrogens with zero attached hydrogens (tertiary/aromatic N) is 3. The van der Waals surface area contributed by atoms with E-state index < -0.39 is 0 Å². The van der Waals surface area contributed by atoms with Crippen LogP contribution in [0, 0.1) is 6.92 Å². The Kier molecular flexibility index (Phi) is 3.59. The highest BCUT2D eigenvalue weighted by Crippen LogP contribution is 2.48. The third-order valence-electron chi connectivity index (χ3n) is 6.82. The minimum atomic E-state index is 0.660. The Bertz CT molecular complexity index is 1690. The molecule has 3 heteroatoms. The van der Waals surface area contributed by atoms with Gasteiger partial charge in [-0.25, -0.2) is 9.97 Å². The Hall–Kier alpha value is -3.98. The molecular formula is C29H21N3. The number of benzene rings is 4. The Morgan fingerprint density at radius 1 is 0.812 bits per heavy atom. The SMILES string of the molecule is Cc1ccnc(Cn2c3ccccc3c3c4ccccc4c4c(c32)Cc2ccccc2-4)n1. The number of para-hydroxylation sites is 1. The average Bonchev–Trinajstić information content (AvgIpc) is 3.36. The molecule has 152 valence electrons. The van der Waals surface area contributed by atoms with E-state index in [1.54, 1.807) is 0 Å². The lowest BCUT2D eigenvalue weighted by Gasteiger charge is -2.13. The molecule has 1 aliphatic rings. The van der Waals surface area contributed by atoms with E-state index in [-0.39, 0.29) is 0 Å². The van der Waals surface area contributed by atoms with E-state index in [9.17, 15) is 0 Å². The molecule has 7 rings (SSSR count). The first kappa shape index (κ1) is 17.7. The molecule has 4 aromatic carbocycles. The summed E-state index contributed by atoms with van der Waals surface area (Å²) in [6, 6.07) is 28.5. The molecular weight excluding hydrogens is 390 g/mol. The summed E-state index contributed by atoms with van der Waals surface area (Å²) < 4.78 is 2.44. The van der Waals surface area contributed by atoms with Crippen LogP contribution in [0.5, 0.6) is 0 Å². The zero-order valence-electron chi connectivity index (χ0n) is 17.8. The van der Waals surface area contributed by atoms with Crippen molar-refractivity contribution < 1.29 is 0 Å². The molecule has 0 spiro atoms. The first-order valence-electron chi connectivity index (χ1n) is 11.1. The molecule has 0 saturated heterocycles. The van der Waals surface area contributed by atoms with Gasteiger partial charge in [0, 0.05) is 34.6 Å². The summed E-state index contributed by atoms with van der Waals surface area (Å²) in [4.78, 5) is 9.32. The number of hydrogen-bond acceptors (Lipinski definition) is 2. The Labute approximate surface area is 186 Å². The number of hydrogen-bond donors (Lipinski definition) is 0. The van der Waals surface area contributed by atoms with Gasteiger partial charge in [-0.15, -0.1) is 0 Å². The van der Waals surface area contributed by atoms with Crippen LogP contribution < -0.4 is 0 Å². The van der Waals surface area contributed by atoms with Crippen molar-refractivity contribution in [3.8, 4) is 11.1 Å². The zero-order valence-corrected chi connectivity index (χ0v) is 17.8. The maximum atomic E-state index is 4.73. The molecule has 0 atom stereocenters. The van der Waals surface area contributed by atoms with Gasteiger partial charge in [0.2, 0.25) is 0 Å². The van der Waals surface area contributed by atoms with E-state index in [1.165, 1.54) is 54.8 Å². The monoisotopic (exact) mass is 411 g/mol. The van der Waals surface area contributed by atoms with Crippen molar-refractivity contribution in [1.82, 2.24) is 14.5 Å². The molecule has 2 aromatic heterocycles. The van der Waals surface area contributed by atoms with Gasteiger partial charge < -0.3 is 4.57 Å². The van der Waals surface area contributed by atoms with Crippen LogP contribution in [0.4, 0.5) is 0 Å². The van der Waals surface area contributed by atoms with E-state index >= 15 is 0 Å². The Morgan fingerprint density at radius 3 is 2.44 bits per heavy atom. The smallest absolute Gasteiger partial charge is 0.148 e. The van der Waals surface area contributed by atoms with Crippen LogP contribution in [-0.2, 0) is 13.0 Å². The van der Waals surface area contributed by atoms with Gasteiger partial charge in [-0.05, 0) is 52.1 Å². The maximum Gasteiger partial charge on any atom is 0.148 e. The first-order chi connectivity index (χ1) is 15.8. The lowest BCUT2D eigenvalue weighted by Crippen LogP contribution is -2.06. The molecule has 0 fully saturated rings. The van der Waals surface area contributed by atoms with Gasteiger partial charge >= 0.3 is 0 Å². The van der Waals surface area contributed by atoms with Crippen molar-refractivity contribution >= 4 is 32.6 Å². The molecule has 2 heterocycles. The molecule has 3 nitrogen and oxygen atoms in total. The summed E-state index contributed by atoms with van der Waals surface area (Å²) in [5, 5.41) is 5.30. The van der Waals surface area contributed by atoms with Gasteiger partial charge in [-0.3, -0.25) is 0 Å². The third-order valence-corrected chi connectivity index (χ3v) is 6.82. The second kappa shape index (κ2) is 6.51. The number of aromatic nitrogens is 3. The molecule has 0 bridgehead atoms. The van der Waals surface area contributed by atoms with E-state index in [4.69, 9.17) is 4.98 Å². The highest BCUT2D eigenvalue weighted by atomic mass is 15.0. The maximum absolute atomic E-state index is 4.73. The summed E-state index contributed by atoms with van der Waals surface area (Å²) in [6.45, 7) is 2.69. The second-order valence-corrected chi connectivity index (χ2v) is 8.67. The molecule has 0 amide bonds. The molecule has 0 radical (unpaired) electrons. The normalized spacial score (nSPS) is 12.5. The van der Waals surface area contributed by atoms with Gasteiger partial charge in [-0.2, -0.15) is 0 Å². The summed E-state index contributed by atoms with van der Waals surface area (Å²) in [5.41, 5.74) is 9.14. The highest BCUT2D eigenvalue weighted by Gasteiger charge is 2.27. The van der Waals surface area contributed by atoms with Gasteiger partial charge in [0.25, 0.3) is 0 Å². The molecule has 0 N–H and O–H groups in total. The van der Waals surface area contributed by atoms with Gasteiger partial charge in [0.05, 0.1) is 12.1 Å². The minimum absolute atomic E-state index is 0.660. The molecule has 0 unspecified atom stereocenters. The van der Waals surface area contributed by atoms with Crippen molar-refractivity contribution in [3.63, 3.8) is 0 Å². The third kappa shape index (κ3) is 2.36. The van der Waals surface area contributed by atoms with Crippen LogP contribution in [-0.4, -0.2) is 14.5 Å². The zero-order chi connectivity index (χ0) is 21.2. The molecule has 0 aliphatic heterocycles.